The van der Waals surface area contributed by atoms with E-state index >= 15 is 0 Å². The van der Waals surface area contributed by atoms with Crippen molar-refractivity contribution in [2.75, 3.05) is 33.5 Å². The molecule has 0 fully saturated rings. The Balaban J connectivity index is 2.66. The van der Waals surface area contributed by atoms with Crippen LogP contribution in [0.2, 0.25) is 0 Å². The molecule has 7 heteroatoms. The number of ether oxygens (including phenoxy) is 2. The highest BCUT2D eigenvalue weighted by molar-refractivity contribution is 5.97. The highest BCUT2D eigenvalue weighted by Crippen LogP contribution is 2.24. The highest BCUT2D eigenvalue weighted by atomic mass is 16.5. The van der Waals surface area contributed by atoms with Crippen LogP contribution in [0.25, 0.3) is 0 Å². The number of carbonyl (C=O) groups is 1. The van der Waals surface area contributed by atoms with Crippen LogP contribution in [0.1, 0.15) is 25.7 Å². The van der Waals surface area contributed by atoms with Crippen LogP contribution in [-0.4, -0.2) is 61.5 Å². The number of allylic oxidation sites excluding steroid dienone is 1. The van der Waals surface area contributed by atoms with Gasteiger partial charge in [0, 0.05) is 26.0 Å². The lowest BCUT2D eigenvalue weighted by molar-refractivity contribution is -0.149. The van der Waals surface area contributed by atoms with Crippen LogP contribution >= 0.6 is 0 Å². The molecule has 1 rings (SSSR count). The van der Waals surface area contributed by atoms with E-state index < -0.39 is 24.6 Å². The van der Waals surface area contributed by atoms with Crippen molar-refractivity contribution < 1.29 is 24.5 Å². The quantitative estimate of drug-likeness (QED) is 0.475. The molecule has 2 unspecified atom stereocenters. The van der Waals surface area contributed by atoms with Gasteiger partial charge in [-0.3, -0.25) is 9.79 Å². The molecule has 0 saturated heterocycles. The van der Waals surface area contributed by atoms with Gasteiger partial charge in [0.05, 0.1) is 12.7 Å². The third-order valence-corrected chi connectivity index (χ3v) is 3.44. The van der Waals surface area contributed by atoms with Crippen LogP contribution in [0.5, 0.6) is 0 Å². The van der Waals surface area contributed by atoms with E-state index in [1.807, 2.05) is 6.07 Å². The minimum Gasteiger partial charge on any atom is -0.462 e. The average molecular weight is 324 g/mol. The molecule has 1 aliphatic rings. The molecule has 0 heterocycles. The number of rotatable bonds is 9. The van der Waals surface area contributed by atoms with Crippen molar-refractivity contribution in [2.45, 2.75) is 31.8 Å². The van der Waals surface area contributed by atoms with E-state index in [1.165, 1.54) is 0 Å². The fourth-order valence-corrected chi connectivity index (χ4v) is 2.22. The zero-order valence-corrected chi connectivity index (χ0v) is 13.4. The maximum absolute atomic E-state index is 12.0. The van der Waals surface area contributed by atoms with Gasteiger partial charge in [-0.05, 0) is 37.3 Å². The molecule has 1 aliphatic carbocycles. The molecule has 0 aromatic heterocycles. The summed E-state index contributed by atoms with van der Waals surface area (Å²) >= 11 is 0. The van der Waals surface area contributed by atoms with Crippen molar-refractivity contribution in [2.24, 2.45) is 10.9 Å². The average Bonchev–Trinajstić information content (AvgIpc) is 2.57. The Bertz CT molecular complexity index is 481. The molecule has 0 amide bonds. The Morgan fingerprint density at radius 1 is 1.52 bits per heavy atom. The Kier molecular flexibility index (Phi) is 9.14. The second-order valence-electron chi connectivity index (χ2n) is 5.32. The first-order valence-electron chi connectivity index (χ1n) is 7.70. The minimum absolute atomic E-state index is 0.321. The maximum Gasteiger partial charge on any atom is 0.327 e. The molecule has 0 aliphatic heterocycles. The van der Waals surface area contributed by atoms with Gasteiger partial charge in [0.1, 0.15) is 12.7 Å². The Morgan fingerprint density at radius 2 is 2.30 bits per heavy atom. The Hall–Kier alpha value is -1.75. The number of methoxy groups -OCH3 is 1. The van der Waals surface area contributed by atoms with Crippen LogP contribution in [0.15, 0.2) is 16.6 Å². The second-order valence-corrected chi connectivity index (χ2v) is 5.32. The lowest BCUT2D eigenvalue weighted by Gasteiger charge is -2.18. The molecule has 0 saturated carbocycles. The predicted octanol–water partition coefficient (Wildman–Crippen LogP) is 0.610. The summed E-state index contributed by atoms with van der Waals surface area (Å²) in [4.78, 5) is 16.4. The molecule has 7 nitrogen and oxygen atoms in total. The van der Waals surface area contributed by atoms with Crippen LogP contribution < -0.4 is 0 Å². The summed E-state index contributed by atoms with van der Waals surface area (Å²) in [6.45, 7) is 0.481. The lowest BCUT2D eigenvalue weighted by Crippen LogP contribution is -2.27. The largest absolute Gasteiger partial charge is 0.462 e. The predicted molar refractivity (Wildman–Crippen MR) is 83.9 cm³/mol. The van der Waals surface area contributed by atoms with Gasteiger partial charge in [-0.25, -0.2) is 0 Å². The van der Waals surface area contributed by atoms with E-state index in [1.54, 1.807) is 13.2 Å². The monoisotopic (exact) mass is 324 g/mol. The fourth-order valence-electron chi connectivity index (χ4n) is 2.22. The highest BCUT2D eigenvalue weighted by Gasteiger charge is 2.26. The molecule has 23 heavy (non-hydrogen) atoms. The van der Waals surface area contributed by atoms with Crippen molar-refractivity contribution in [1.82, 2.24) is 0 Å². The van der Waals surface area contributed by atoms with Crippen LogP contribution in [0, 0.1) is 17.2 Å². The van der Waals surface area contributed by atoms with Crippen molar-refractivity contribution in [3.63, 3.8) is 0 Å². The number of hydrogen-bond acceptors (Lipinski definition) is 7. The van der Waals surface area contributed by atoms with Gasteiger partial charge >= 0.3 is 5.97 Å². The number of aliphatic imine (C=N–C) groups is 1. The van der Waals surface area contributed by atoms with Crippen LogP contribution in [-0.2, 0) is 14.3 Å². The van der Waals surface area contributed by atoms with Crippen molar-refractivity contribution in [3.8, 4) is 6.07 Å². The number of aliphatic hydroxyl groups excluding tert-OH is 2. The zero-order chi connectivity index (χ0) is 17.1. The molecule has 128 valence electrons. The minimum atomic E-state index is -1.13. The summed E-state index contributed by atoms with van der Waals surface area (Å²) < 4.78 is 9.85. The van der Waals surface area contributed by atoms with Crippen molar-refractivity contribution in [1.29, 1.82) is 5.26 Å². The number of esters is 1. The first-order valence-corrected chi connectivity index (χ1v) is 7.70. The number of nitrogens with zero attached hydrogens (tertiary/aromatic N) is 2. The molecule has 2 N–H and O–H groups in total. The van der Waals surface area contributed by atoms with Gasteiger partial charge in [-0.1, -0.05) is 0 Å². The van der Waals surface area contributed by atoms with Gasteiger partial charge in [-0.15, -0.1) is 0 Å². The Morgan fingerprint density at radius 3 is 2.96 bits per heavy atom. The van der Waals surface area contributed by atoms with Gasteiger partial charge in [0.25, 0.3) is 0 Å². The normalized spacial score (nSPS) is 18.9. The van der Waals surface area contributed by atoms with Gasteiger partial charge in [0.2, 0.25) is 0 Å². The topological polar surface area (TPSA) is 112 Å². The molecule has 0 radical (unpaired) electrons. The zero-order valence-electron chi connectivity index (χ0n) is 13.4. The summed E-state index contributed by atoms with van der Waals surface area (Å²) in [6, 6.07) is 1.95. The molecule has 2 atom stereocenters. The summed E-state index contributed by atoms with van der Waals surface area (Å²) in [5, 5.41) is 27.1. The number of hydrogen-bond donors (Lipinski definition) is 2. The van der Waals surface area contributed by atoms with Gasteiger partial charge < -0.3 is 19.7 Å². The van der Waals surface area contributed by atoms with Crippen molar-refractivity contribution >= 4 is 11.7 Å². The van der Waals surface area contributed by atoms with Gasteiger partial charge in [-0.2, -0.15) is 5.26 Å². The summed E-state index contributed by atoms with van der Waals surface area (Å²) in [6.07, 6.45) is 3.80. The lowest BCUT2D eigenvalue weighted by atomic mass is 9.89. The molecular formula is C16H24N2O5. The summed E-state index contributed by atoms with van der Waals surface area (Å²) in [7, 11) is 1.64. The molecule has 0 aromatic carbocycles. The van der Waals surface area contributed by atoms with Crippen LogP contribution in [0.3, 0.4) is 0 Å². The molecule has 0 bridgehead atoms. The molecule has 0 spiro atoms. The smallest absolute Gasteiger partial charge is 0.327 e. The van der Waals surface area contributed by atoms with Gasteiger partial charge in [0.15, 0.2) is 5.92 Å². The van der Waals surface area contributed by atoms with E-state index in [0.29, 0.717) is 25.1 Å². The van der Waals surface area contributed by atoms with Crippen LogP contribution in [0.4, 0.5) is 0 Å². The van der Waals surface area contributed by atoms with E-state index in [9.17, 15) is 15.2 Å². The third-order valence-electron chi connectivity index (χ3n) is 3.44. The standard InChI is InChI=1S/C16H24N2O5/c1-22-7-3-6-18-13-5-2-4-12(8-13)15(9-17)16(21)23-11-14(20)10-19/h8,14-15,19-20H,2-7,10-11H2,1H3. The third kappa shape index (κ3) is 6.91. The Labute approximate surface area is 136 Å². The second kappa shape index (κ2) is 10.9. The molecular weight excluding hydrogens is 300 g/mol. The van der Waals surface area contributed by atoms with E-state index in [0.717, 1.165) is 25.0 Å². The first-order chi connectivity index (χ1) is 11.1. The number of carbonyl (C=O) groups excluding carboxylic acids is 1. The number of nitriles is 1. The SMILES string of the molecule is COCCCN=C1C=C(C(C#N)C(=O)OCC(O)CO)CCC1. The summed E-state index contributed by atoms with van der Waals surface area (Å²) in [5.41, 5.74) is 1.57. The van der Waals surface area contributed by atoms with E-state index in [2.05, 4.69) is 4.99 Å². The van der Waals surface area contributed by atoms with E-state index in [-0.39, 0.29) is 6.61 Å². The fraction of sp³-hybridized carbons (Fsp3) is 0.688. The first kappa shape index (κ1) is 19.3. The summed E-state index contributed by atoms with van der Waals surface area (Å²) in [5.74, 6) is -1.70. The van der Waals surface area contributed by atoms with E-state index in [4.69, 9.17) is 14.6 Å². The number of aliphatic hydroxyl groups is 2. The maximum atomic E-state index is 12.0. The van der Waals surface area contributed by atoms with Crippen molar-refractivity contribution in [3.05, 3.63) is 11.6 Å². The molecule has 0 aromatic rings.